The van der Waals surface area contributed by atoms with Crippen LogP contribution in [0.5, 0.6) is 0 Å². The molecule has 0 aromatic rings. The fraction of sp³-hybridized carbons (Fsp3) is 0.909. The van der Waals surface area contributed by atoms with Crippen LogP contribution in [0.25, 0.3) is 0 Å². The summed E-state index contributed by atoms with van der Waals surface area (Å²) in [7, 11) is -3.24. The van der Waals surface area contributed by atoms with E-state index in [4.69, 9.17) is 9.84 Å². The topological polar surface area (TPSA) is 83.9 Å². The fourth-order valence-corrected chi connectivity index (χ4v) is 3.46. The Morgan fingerprint density at radius 2 is 2.22 bits per heavy atom. The predicted molar refractivity (Wildman–Crippen MR) is 66.8 cm³/mol. The van der Waals surface area contributed by atoms with Crippen molar-refractivity contribution < 1.29 is 23.1 Å². The third-order valence-corrected chi connectivity index (χ3v) is 4.90. The lowest BCUT2D eigenvalue weighted by molar-refractivity contribution is -0.137. The van der Waals surface area contributed by atoms with Crippen LogP contribution in [0.4, 0.5) is 0 Å². The minimum absolute atomic E-state index is 0.00644. The lowest BCUT2D eigenvalue weighted by atomic mass is 10.0. The molecule has 1 N–H and O–H groups in total. The number of nitrogens with zero attached hydrogens (tertiary/aromatic N) is 1. The van der Waals surface area contributed by atoms with E-state index in [2.05, 4.69) is 0 Å². The molecule has 1 heterocycles. The average Bonchev–Trinajstić information content (AvgIpc) is 2.76. The second-order valence-corrected chi connectivity index (χ2v) is 6.55. The number of sulfonamides is 1. The molecule has 1 fully saturated rings. The molecule has 0 aromatic carbocycles. The SMILES string of the molecule is CCOCCS(=O)(=O)N1CCC(CCC(=O)O)C1. The van der Waals surface area contributed by atoms with Crippen molar-refractivity contribution in [3.63, 3.8) is 0 Å². The molecule has 106 valence electrons. The van der Waals surface area contributed by atoms with Crippen LogP contribution in [0.1, 0.15) is 26.2 Å². The third-order valence-electron chi connectivity index (χ3n) is 3.10. The number of aliphatic carboxylic acids is 1. The molecule has 1 unspecified atom stereocenters. The third kappa shape index (κ3) is 4.91. The van der Waals surface area contributed by atoms with Crippen LogP contribution in [0.3, 0.4) is 0 Å². The van der Waals surface area contributed by atoms with Crippen molar-refractivity contribution in [1.82, 2.24) is 4.31 Å². The van der Waals surface area contributed by atoms with Gasteiger partial charge in [0, 0.05) is 26.1 Å². The summed E-state index contributed by atoms with van der Waals surface area (Å²) in [6.07, 6.45) is 1.41. The van der Waals surface area contributed by atoms with E-state index in [0.29, 0.717) is 26.1 Å². The lowest BCUT2D eigenvalue weighted by Gasteiger charge is -2.16. The van der Waals surface area contributed by atoms with E-state index >= 15 is 0 Å². The van der Waals surface area contributed by atoms with Crippen molar-refractivity contribution >= 4 is 16.0 Å². The molecule has 1 atom stereocenters. The summed E-state index contributed by atoms with van der Waals surface area (Å²) >= 11 is 0. The van der Waals surface area contributed by atoms with Crippen LogP contribution in [0, 0.1) is 5.92 Å². The Morgan fingerprint density at radius 1 is 1.50 bits per heavy atom. The zero-order valence-electron chi connectivity index (χ0n) is 10.7. The normalized spacial score (nSPS) is 21.3. The highest BCUT2D eigenvalue weighted by molar-refractivity contribution is 7.89. The maximum atomic E-state index is 11.9. The standard InChI is InChI=1S/C11H21NO5S/c1-2-17-7-8-18(15,16)12-6-5-10(9-12)3-4-11(13)14/h10H,2-9H2,1H3,(H,13,14). The molecule has 0 bridgehead atoms. The van der Waals surface area contributed by atoms with Gasteiger partial charge < -0.3 is 9.84 Å². The van der Waals surface area contributed by atoms with Gasteiger partial charge in [0.15, 0.2) is 0 Å². The predicted octanol–water partition coefficient (Wildman–Crippen LogP) is 0.539. The summed E-state index contributed by atoms with van der Waals surface area (Å²) < 4.78 is 30.3. The Bertz CT molecular complexity index is 368. The summed E-state index contributed by atoms with van der Waals surface area (Å²) in [5.41, 5.74) is 0. The highest BCUT2D eigenvalue weighted by atomic mass is 32.2. The fourth-order valence-electron chi connectivity index (χ4n) is 2.05. The van der Waals surface area contributed by atoms with Crippen molar-refractivity contribution in [3.8, 4) is 0 Å². The highest BCUT2D eigenvalue weighted by Gasteiger charge is 2.30. The molecule has 0 radical (unpaired) electrons. The van der Waals surface area contributed by atoms with Crippen molar-refractivity contribution in [3.05, 3.63) is 0 Å². The van der Waals surface area contributed by atoms with Gasteiger partial charge in [-0.05, 0) is 25.7 Å². The van der Waals surface area contributed by atoms with Crippen LogP contribution in [0.15, 0.2) is 0 Å². The van der Waals surface area contributed by atoms with Crippen LogP contribution < -0.4 is 0 Å². The van der Waals surface area contributed by atoms with Crippen molar-refractivity contribution in [2.75, 3.05) is 32.1 Å². The molecule has 0 spiro atoms. The Kier molecular flexibility index (Phi) is 6.04. The summed E-state index contributed by atoms with van der Waals surface area (Å²) in [4.78, 5) is 10.5. The van der Waals surface area contributed by atoms with Gasteiger partial charge in [0.25, 0.3) is 0 Å². The van der Waals surface area contributed by atoms with Crippen LogP contribution in [-0.4, -0.2) is 55.9 Å². The number of ether oxygens (including phenoxy) is 1. The smallest absolute Gasteiger partial charge is 0.303 e. The van der Waals surface area contributed by atoms with Gasteiger partial charge in [-0.1, -0.05) is 0 Å². The first-order valence-electron chi connectivity index (χ1n) is 6.23. The summed E-state index contributed by atoms with van der Waals surface area (Å²) in [6, 6.07) is 0. The first-order valence-corrected chi connectivity index (χ1v) is 7.84. The van der Waals surface area contributed by atoms with E-state index in [-0.39, 0.29) is 24.7 Å². The number of hydrogen-bond acceptors (Lipinski definition) is 4. The maximum Gasteiger partial charge on any atom is 0.303 e. The molecular formula is C11H21NO5S. The van der Waals surface area contributed by atoms with Gasteiger partial charge in [-0.25, -0.2) is 12.7 Å². The molecule has 0 saturated carbocycles. The van der Waals surface area contributed by atoms with Crippen molar-refractivity contribution in [2.45, 2.75) is 26.2 Å². The largest absolute Gasteiger partial charge is 0.481 e. The number of rotatable bonds is 8. The number of carboxylic acid groups (broad SMARTS) is 1. The quantitative estimate of drug-likeness (QED) is 0.656. The Hall–Kier alpha value is -0.660. The van der Waals surface area contributed by atoms with Gasteiger partial charge in [-0.15, -0.1) is 0 Å². The lowest BCUT2D eigenvalue weighted by Crippen LogP contribution is -2.32. The Morgan fingerprint density at radius 3 is 2.83 bits per heavy atom. The molecule has 18 heavy (non-hydrogen) atoms. The van der Waals surface area contributed by atoms with Crippen LogP contribution in [0.2, 0.25) is 0 Å². The number of hydrogen-bond donors (Lipinski definition) is 1. The second-order valence-electron chi connectivity index (χ2n) is 4.46. The molecular weight excluding hydrogens is 258 g/mol. The Labute approximate surface area is 108 Å². The summed E-state index contributed by atoms with van der Waals surface area (Å²) in [5.74, 6) is -0.650. The molecule has 6 nitrogen and oxygen atoms in total. The zero-order valence-corrected chi connectivity index (χ0v) is 11.5. The number of carboxylic acids is 1. The second kappa shape index (κ2) is 7.06. The molecule has 0 aromatic heterocycles. The van der Waals surface area contributed by atoms with E-state index in [1.165, 1.54) is 4.31 Å². The molecule has 1 aliphatic rings. The number of carbonyl (C=O) groups is 1. The van der Waals surface area contributed by atoms with Crippen molar-refractivity contribution in [1.29, 1.82) is 0 Å². The van der Waals surface area contributed by atoms with Gasteiger partial charge in [0.2, 0.25) is 10.0 Å². The van der Waals surface area contributed by atoms with Crippen molar-refractivity contribution in [2.24, 2.45) is 5.92 Å². The first kappa shape index (κ1) is 15.4. The summed E-state index contributed by atoms with van der Waals surface area (Å²) in [5, 5.41) is 8.59. The molecule has 1 aliphatic heterocycles. The van der Waals surface area contributed by atoms with E-state index in [1.54, 1.807) is 0 Å². The Balaban J connectivity index is 2.37. The monoisotopic (exact) mass is 279 g/mol. The van der Waals surface area contributed by atoms with E-state index in [1.807, 2.05) is 6.92 Å². The van der Waals surface area contributed by atoms with E-state index in [9.17, 15) is 13.2 Å². The highest BCUT2D eigenvalue weighted by Crippen LogP contribution is 2.23. The molecule has 1 rings (SSSR count). The minimum Gasteiger partial charge on any atom is -0.481 e. The maximum absolute atomic E-state index is 11.9. The zero-order chi connectivity index (χ0) is 13.6. The van der Waals surface area contributed by atoms with Gasteiger partial charge >= 0.3 is 5.97 Å². The van der Waals surface area contributed by atoms with Crippen LogP contribution >= 0.6 is 0 Å². The van der Waals surface area contributed by atoms with Gasteiger partial charge in [0.05, 0.1) is 12.4 Å². The molecule has 0 amide bonds. The summed E-state index contributed by atoms with van der Waals surface area (Å²) in [6.45, 7) is 3.50. The van der Waals surface area contributed by atoms with Crippen LogP contribution in [-0.2, 0) is 19.6 Å². The van der Waals surface area contributed by atoms with E-state index < -0.39 is 16.0 Å². The van der Waals surface area contributed by atoms with Gasteiger partial charge in [0.1, 0.15) is 0 Å². The molecule has 1 saturated heterocycles. The van der Waals surface area contributed by atoms with Gasteiger partial charge in [-0.2, -0.15) is 0 Å². The molecule has 7 heteroatoms. The van der Waals surface area contributed by atoms with E-state index in [0.717, 1.165) is 6.42 Å². The minimum atomic E-state index is -3.24. The average molecular weight is 279 g/mol. The first-order chi connectivity index (χ1) is 8.45. The van der Waals surface area contributed by atoms with Gasteiger partial charge in [-0.3, -0.25) is 4.79 Å². The molecule has 0 aliphatic carbocycles.